The zero-order valence-electron chi connectivity index (χ0n) is 75.7. The Morgan fingerprint density at radius 3 is 0.623 bits per heavy atom. The second-order valence-corrected chi connectivity index (χ2v) is 38.7. The van der Waals surface area contributed by atoms with Crippen molar-refractivity contribution in [1.82, 2.24) is 0 Å². The summed E-state index contributed by atoms with van der Waals surface area (Å²) in [5, 5.41) is 10.7. The van der Waals surface area contributed by atoms with E-state index >= 15 is 0 Å². The van der Waals surface area contributed by atoms with Crippen LogP contribution < -0.4 is 0 Å². The number of phosphoric ester groups is 2. The molecule has 0 aromatic heterocycles. The number of ether oxygens (including phenoxy) is 4. The summed E-state index contributed by atoms with van der Waals surface area (Å²) in [5.74, 6) is 1.12. The second-order valence-electron chi connectivity index (χ2n) is 35.8. The first-order chi connectivity index (χ1) is 55.1. The van der Waals surface area contributed by atoms with Crippen molar-refractivity contribution < 1.29 is 80.2 Å². The van der Waals surface area contributed by atoms with E-state index in [1.165, 1.54) is 302 Å². The summed E-state index contributed by atoms with van der Waals surface area (Å²) in [6.45, 7) is 14.4. The molecule has 0 saturated carbocycles. The first-order valence-electron chi connectivity index (χ1n) is 48.7. The molecule has 0 bridgehead atoms. The Bertz CT molecular complexity index is 2200. The number of aliphatic hydroxyl groups is 1. The van der Waals surface area contributed by atoms with Crippen LogP contribution in [-0.4, -0.2) is 96.7 Å². The van der Waals surface area contributed by atoms with E-state index in [0.29, 0.717) is 31.6 Å². The molecule has 114 heavy (non-hydrogen) atoms. The Balaban J connectivity index is 5.21. The summed E-state index contributed by atoms with van der Waals surface area (Å²) in [6, 6.07) is 0. The molecule has 0 heterocycles. The average Bonchev–Trinajstić information content (AvgIpc) is 0.896. The lowest BCUT2D eigenvalue weighted by molar-refractivity contribution is -0.161. The first kappa shape index (κ1) is 112. The number of esters is 4. The van der Waals surface area contributed by atoms with Crippen molar-refractivity contribution in [1.29, 1.82) is 0 Å². The van der Waals surface area contributed by atoms with E-state index in [4.69, 9.17) is 37.0 Å². The third kappa shape index (κ3) is 86.4. The third-order valence-corrected chi connectivity index (χ3v) is 24.6. The molecule has 0 spiro atoms. The molecule has 678 valence electrons. The van der Waals surface area contributed by atoms with Crippen molar-refractivity contribution >= 4 is 39.5 Å². The predicted molar refractivity (Wildman–Crippen MR) is 474 cm³/mol. The Labute approximate surface area is 702 Å². The minimum atomic E-state index is -4.97. The van der Waals surface area contributed by atoms with Gasteiger partial charge in [0.2, 0.25) is 0 Å². The van der Waals surface area contributed by atoms with Crippen LogP contribution in [0.25, 0.3) is 0 Å². The molecule has 0 aliphatic carbocycles. The maximum Gasteiger partial charge on any atom is 0.472 e. The monoisotopic (exact) mass is 1660 g/mol. The van der Waals surface area contributed by atoms with Gasteiger partial charge in [-0.25, -0.2) is 9.13 Å². The molecular formula is C95H186O17P2. The fourth-order valence-electron chi connectivity index (χ4n) is 14.9. The van der Waals surface area contributed by atoms with Crippen LogP contribution in [0.2, 0.25) is 0 Å². The van der Waals surface area contributed by atoms with Gasteiger partial charge in [0.1, 0.15) is 19.3 Å². The molecule has 17 nitrogen and oxygen atoms in total. The van der Waals surface area contributed by atoms with Gasteiger partial charge >= 0.3 is 39.5 Å². The van der Waals surface area contributed by atoms with E-state index in [1.54, 1.807) is 0 Å². The van der Waals surface area contributed by atoms with Crippen LogP contribution in [0, 0.1) is 23.7 Å². The maximum atomic E-state index is 13.2. The number of carbonyl (C=O) groups is 4. The van der Waals surface area contributed by atoms with Crippen LogP contribution >= 0.6 is 15.6 Å². The Hall–Kier alpha value is -1.94. The fourth-order valence-corrected chi connectivity index (χ4v) is 16.5. The smallest absolute Gasteiger partial charge is 0.462 e. The topological polar surface area (TPSA) is 237 Å². The van der Waals surface area contributed by atoms with Gasteiger partial charge in [0, 0.05) is 25.7 Å². The van der Waals surface area contributed by atoms with Gasteiger partial charge < -0.3 is 33.8 Å². The Kier molecular flexibility index (Phi) is 81.9. The van der Waals surface area contributed by atoms with Gasteiger partial charge in [0.05, 0.1) is 26.4 Å². The van der Waals surface area contributed by atoms with Crippen molar-refractivity contribution in [2.45, 2.75) is 523 Å². The van der Waals surface area contributed by atoms with Gasteiger partial charge in [-0.2, -0.15) is 0 Å². The van der Waals surface area contributed by atoms with E-state index in [-0.39, 0.29) is 25.7 Å². The number of hydrogen-bond acceptors (Lipinski definition) is 15. The molecule has 0 aromatic rings. The van der Waals surface area contributed by atoms with Crippen molar-refractivity contribution in [3.63, 3.8) is 0 Å². The highest BCUT2D eigenvalue weighted by Gasteiger charge is 2.31. The van der Waals surface area contributed by atoms with Crippen LogP contribution in [-0.2, 0) is 65.4 Å². The van der Waals surface area contributed by atoms with Crippen LogP contribution in [0.5, 0.6) is 0 Å². The normalized spacial score (nSPS) is 14.0. The minimum Gasteiger partial charge on any atom is -0.462 e. The summed E-state index contributed by atoms with van der Waals surface area (Å²) < 4.78 is 69.1. The molecule has 4 unspecified atom stereocenters. The number of rotatable bonds is 92. The molecule has 0 fully saturated rings. The molecule has 0 radical (unpaired) electrons. The van der Waals surface area contributed by atoms with Crippen LogP contribution in [0.4, 0.5) is 0 Å². The van der Waals surface area contributed by atoms with Crippen molar-refractivity contribution in [2.75, 3.05) is 39.6 Å². The summed E-state index contributed by atoms with van der Waals surface area (Å²) in [5.41, 5.74) is 0. The average molecular weight is 1660 g/mol. The summed E-state index contributed by atoms with van der Waals surface area (Å²) in [7, 11) is -9.94. The Morgan fingerprint density at radius 1 is 0.246 bits per heavy atom. The summed E-state index contributed by atoms with van der Waals surface area (Å²) in [6.07, 6.45) is 76.7. The molecule has 0 saturated heterocycles. The minimum absolute atomic E-state index is 0.108. The van der Waals surface area contributed by atoms with E-state index < -0.39 is 97.5 Å². The van der Waals surface area contributed by atoms with Crippen LogP contribution in [0.3, 0.4) is 0 Å². The number of phosphoric acid groups is 2. The summed E-state index contributed by atoms with van der Waals surface area (Å²) in [4.78, 5) is 73.5. The van der Waals surface area contributed by atoms with Gasteiger partial charge in [-0.05, 0) is 49.4 Å². The predicted octanol–water partition coefficient (Wildman–Crippen LogP) is 29.5. The van der Waals surface area contributed by atoms with Crippen molar-refractivity contribution in [3.05, 3.63) is 0 Å². The standard InChI is InChI=1S/C95H186O17P2/c1-9-88(8)74-66-58-50-42-36-30-24-18-12-15-21-27-33-39-45-53-61-69-77-94(99)111-90(81-105-92(97)75-67-59-51-43-37-31-25-19-13-10-16-22-28-34-40-47-55-63-71-85(2)3)83-109-113(101,102)107-79-89(96)80-108-114(103,104)110-84-91(82-106-93(98)76-68-60-54-46-49-57-65-73-87(6)7)112-95(100)78-70-62-52-44-38-32-26-20-14-11-17-23-29-35-41-48-56-64-72-86(4)5/h85-91,96H,9-84H2,1-8H3,(H,101,102)(H,103,104)/t88?,89?,90-,91-/m1/s1. The molecule has 3 N–H and O–H groups in total. The highest BCUT2D eigenvalue weighted by Crippen LogP contribution is 2.45. The molecule has 0 rings (SSSR count). The van der Waals surface area contributed by atoms with Gasteiger partial charge in [-0.3, -0.25) is 37.3 Å². The maximum absolute atomic E-state index is 13.2. The SMILES string of the molecule is CCC(C)CCCCCCCCCCCCCCCCCCCCC(=O)O[C@H](COC(=O)CCCCCCCCCCCCCCCCCCCCC(C)C)COP(=O)(O)OCC(O)COP(=O)(O)OC[C@@H](COC(=O)CCCCCCCCCC(C)C)OC(=O)CCCCCCCCCCCCCCCCCCCCC(C)C. The Morgan fingerprint density at radius 2 is 0.421 bits per heavy atom. The van der Waals surface area contributed by atoms with Gasteiger partial charge in [-0.1, -0.05) is 453 Å². The van der Waals surface area contributed by atoms with Crippen molar-refractivity contribution in [2.24, 2.45) is 23.7 Å². The lowest BCUT2D eigenvalue weighted by Gasteiger charge is -2.21. The molecule has 0 amide bonds. The number of carbonyl (C=O) groups excluding carboxylic acids is 4. The van der Waals surface area contributed by atoms with Crippen molar-refractivity contribution in [3.8, 4) is 0 Å². The van der Waals surface area contributed by atoms with Crippen LogP contribution in [0.15, 0.2) is 0 Å². The molecule has 19 heteroatoms. The zero-order chi connectivity index (χ0) is 83.7. The van der Waals surface area contributed by atoms with E-state index in [2.05, 4.69) is 55.4 Å². The molecule has 0 aliphatic rings. The second kappa shape index (κ2) is 83.3. The van der Waals surface area contributed by atoms with E-state index in [9.17, 15) is 43.2 Å². The molecule has 6 atom stereocenters. The fraction of sp³-hybridized carbons (Fsp3) is 0.958. The number of hydrogen-bond donors (Lipinski definition) is 3. The molecule has 0 aromatic carbocycles. The molecular weight excluding hydrogens is 1470 g/mol. The zero-order valence-corrected chi connectivity index (χ0v) is 77.5. The third-order valence-electron chi connectivity index (χ3n) is 22.7. The van der Waals surface area contributed by atoms with E-state index in [0.717, 1.165) is 114 Å². The number of unbranched alkanes of at least 4 members (excludes halogenated alkanes) is 57. The first-order valence-corrected chi connectivity index (χ1v) is 51.7. The lowest BCUT2D eigenvalue weighted by Crippen LogP contribution is -2.30. The van der Waals surface area contributed by atoms with Gasteiger partial charge in [0.15, 0.2) is 12.2 Å². The highest BCUT2D eigenvalue weighted by molar-refractivity contribution is 7.47. The largest absolute Gasteiger partial charge is 0.472 e. The van der Waals surface area contributed by atoms with Gasteiger partial charge in [-0.15, -0.1) is 0 Å². The van der Waals surface area contributed by atoms with Gasteiger partial charge in [0.25, 0.3) is 0 Å². The highest BCUT2D eigenvalue weighted by atomic mass is 31.2. The molecule has 0 aliphatic heterocycles. The quantitative estimate of drug-likeness (QED) is 0.0222. The van der Waals surface area contributed by atoms with E-state index in [1.807, 2.05) is 0 Å². The van der Waals surface area contributed by atoms with Crippen LogP contribution in [0.1, 0.15) is 505 Å². The summed E-state index contributed by atoms with van der Waals surface area (Å²) >= 11 is 0. The number of aliphatic hydroxyl groups excluding tert-OH is 1. The lowest BCUT2D eigenvalue weighted by atomic mass is 9.99.